The Morgan fingerprint density at radius 1 is 1.08 bits per heavy atom. The lowest BCUT2D eigenvalue weighted by atomic mass is 9.87. The Bertz CT molecular complexity index is 1120. The summed E-state index contributed by atoms with van der Waals surface area (Å²) < 4.78 is 1.02. The molecule has 0 fully saturated rings. The molecule has 6 N–H and O–H groups in total. The lowest BCUT2D eigenvalue weighted by Gasteiger charge is -2.27. The van der Waals surface area contributed by atoms with Crippen molar-refractivity contribution in [2.75, 3.05) is 6.54 Å². The first-order valence-electron chi connectivity index (χ1n) is 13.5. The molecule has 9 nitrogen and oxygen atoms in total. The second-order valence-electron chi connectivity index (χ2n) is 10.4. The van der Waals surface area contributed by atoms with Gasteiger partial charge in [0.2, 0.25) is 17.7 Å². The predicted octanol–water partition coefficient (Wildman–Crippen LogP) is 3.19. The number of unbranched alkanes of at least 4 members (excludes halogenated alkanes) is 1. The summed E-state index contributed by atoms with van der Waals surface area (Å²) in [5.74, 6) is -1.98. The molecule has 0 aliphatic heterocycles. The number of nitrogens with one attached hydrogen (secondary N) is 2. The number of hydrogen-bond acceptors (Lipinski definition) is 7. The van der Waals surface area contributed by atoms with Crippen LogP contribution in [-0.4, -0.2) is 47.1 Å². The standard InChI is InChI=1S/C28H43N5O4S/c1-6-17(4)26(23(35)13-20(27(30)36)9-7-8-12-29)33-28(37)22(31-18(5)34)15-25-32-21-11-10-19(16(2)3)14-24(21)38-25/h10-11,14,16-17,20,22,26H,6-9,12-13,15,29H2,1-5H3,(H2,30,36)(H,31,34)(H,33,37)/t17-,20+,22-,26-/m0/s1. The first-order valence-corrected chi connectivity index (χ1v) is 14.3. The van der Waals surface area contributed by atoms with Crippen molar-refractivity contribution in [1.29, 1.82) is 0 Å². The van der Waals surface area contributed by atoms with Crippen LogP contribution in [0.4, 0.5) is 0 Å². The zero-order chi connectivity index (χ0) is 28.4. The Hall–Kier alpha value is -2.85. The second kappa shape index (κ2) is 14.9. The van der Waals surface area contributed by atoms with Gasteiger partial charge in [0.05, 0.1) is 21.3 Å². The van der Waals surface area contributed by atoms with Crippen LogP contribution in [-0.2, 0) is 25.6 Å². The summed E-state index contributed by atoms with van der Waals surface area (Å²) >= 11 is 1.49. The Balaban J connectivity index is 2.22. The number of fused-ring (bicyclic) bond motifs is 1. The normalized spacial score (nSPS) is 14.6. The summed E-state index contributed by atoms with van der Waals surface area (Å²) in [5, 5.41) is 6.30. The van der Waals surface area contributed by atoms with E-state index in [-0.39, 0.29) is 30.4 Å². The fourth-order valence-corrected chi connectivity index (χ4v) is 5.41. The molecule has 0 unspecified atom stereocenters. The summed E-state index contributed by atoms with van der Waals surface area (Å²) in [6.07, 6.45) is 2.72. The van der Waals surface area contributed by atoms with Crippen LogP contribution in [0.15, 0.2) is 18.2 Å². The van der Waals surface area contributed by atoms with Crippen LogP contribution in [0.25, 0.3) is 10.2 Å². The number of hydrogen-bond donors (Lipinski definition) is 4. The average Bonchev–Trinajstić information content (AvgIpc) is 3.26. The van der Waals surface area contributed by atoms with Crippen molar-refractivity contribution in [1.82, 2.24) is 15.6 Å². The van der Waals surface area contributed by atoms with Crippen LogP contribution in [0.3, 0.4) is 0 Å². The van der Waals surface area contributed by atoms with Crippen LogP contribution >= 0.6 is 11.3 Å². The lowest BCUT2D eigenvalue weighted by molar-refractivity contribution is -0.133. The fourth-order valence-electron chi connectivity index (χ4n) is 4.34. The van der Waals surface area contributed by atoms with Crippen LogP contribution < -0.4 is 22.1 Å². The molecule has 210 valence electrons. The minimum atomic E-state index is -0.895. The molecule has 0 saturated carbocycles. The van der Waals surface area contributed by atoms with Gasteiger partial charge in [-0.15, -0.1) is 11.3 Å². The summed E-state index contributed by atoms with van der Waals surface area (Å²) in [6, 6.07) is 4.43. The van der Waals surface area contributed by atoms with Gasteiger partial charge in [-0.3, -0.25) is 19.2 Å². The van der Waals surface area contributed by atoms with Gasteiger partial charge >= 0.3 is 0 Å². The minimum absolute atomic E-state index is 0.0456. The number of aromatic nitrogens is 1. The van der Waals surface area contributed by atoms with Crippen molar-refractivity contribution < 1.29 is 19.2 Å². The summed E-state index contributed by atoms with van der Waals surface area (Å²) in [5.41, 5.74) is 13.2. The third-order valence-electron chi connectivity index (χ3n) is 6.91. The van der Waals surface area contributed by atoms with Crippen molar-refractivity contribution >= 4 is 45.1 Å². The Morgan fingerprint density at radius 2 is 1.79 bits per heavy atom. The number of carbonyl (C=O) groups is 4. The highest BCUT2D eigenvalue weighted by atomic mass is 32.1. The molecule has 10 heteroatoms. The largest absolute Gasteiger partial charge is 0.369 e. The molecule has 38 heavy (non-hydrogen) atoms. The fraction of sp³-hybridized carbons (Fsp3) is 0.607. The van der Waals surface area contributed by atoms with Crippen LogP contribution in [0, 0.1) is 11.8 Å². The second-order valence-corrected chi connectivity index (χ2v) is 11.5. The van der Waals surface area contributed by atoms with Gasteiger partial charge in [-0.2, -0.15) is 0 Å². The maximum atomic E-state index is 13.4. The van der Waals surface area contributed by atoms with Gasteiger partial charge in [0.15, 0.2) is 5.78 Å². The zero-order valence-corrected chi connectivity index (χ0v) is 24.0. The monoisotopic (exact) mass is 545 g/mol. The number of benzene rings is 1. The van der Waals surface area contributed by atoms with E-state index in [0.717, 1.165) is 21.6 Å². The number of primary amides is 1. The minimum Gasteiger partial charge on any atom is -0.369 e. The number of thiazole rings is 1. The first-order chi connectivity index (χ1) is 18.0. The predicted molar refractivity (Wildman–Crippen MR) is 152 cm³/mol. The number of carbonyl (C=O) groups excluding carboxylic acids is 4. The number of Topliss-reactive ketones (excluding diaryl/α,β-unsaturated/α-hetero) is 1. The maximum Gasteiger partial charge on any atom is 0.243 e. The van der Waals surface area contributed by atoms with Gasteiger partial charge in [0, 0.05) is 25.7 Å². The van der Waals surface area contributed by atoms with Gasteiger partial charge < -0.3 is 22.1 Å². The molecule has 0 aliphatic carbocycles. The van der Waals surface area contributed by atoms with Gasteiger partial charge in [-0.25, -0.2) is 4.98 Å². The molecule has 2 rings (SSSR count). The number of ketones is 1. The van der Waals surface area contributed by atoms with E-state index in [9.17, 15) is 19.2 Å². The van der Waals surface area contributed by atoms with Crippen LogP contribution in [0.2, 0.25) is 0 Å². The molecule has 1 heterocycles. The maximum absolute atomic E-state index is 13.4. The highest BCUT2D eigenvalue weighted by molar-refractivity contribution is 7.18. The third-order valence-corrected chi connectivity index (χ3v) is 7.95. The van der Waals surface area contributed by atoms with E-state index < -0.39 is 29.8 Å². The molecular weight excluding hydrogens is 502 g/mol. The Morgan fingerprint density at radius 3 is 2.37 bits per heavy atom. The van der Waals surface area contributed by atoms with E-state index in [1.165, 1.54) is 23.8 Å². The van der Waals surface area contributed by atoms with Gasteiger partial charge in [-0.05, 0) is 48.9 Å². The van der Waals surface area contributed by atoms with Gasteiger partial charge in [-0.1, -0.05) is 46.6 Å². The summed E-state index contributed by atoms with van der Waals surface area (Å²) in [4.78, 5) is 55.3. The number of nitrogens with two attached hydrogens (primary N) is 2. The smallest absolute Gasteiger partial charge is 0.243 e. The van der Waals surface area contributed by atoms with Crippen LogP contribution in [0.1, 0.15) is 83.2 Å². The molecule has 0 spiro atoms. The molecule has 0 radical (unpaired) electrons. The van der Waals surface area contributed by atoms with E-state index in [1.54, 1.807) is 0 Å². The molecule has 0 aliphatic rings. The SMILES string of the molecule is CC[C@H](C)[C@H](NC(=O)[C@H](Cc1nc2ccc(C(C)C)cc2s1)NC(C)=O)C(=O)C[C@@H](CCCCN)C(N)=O. The Labute approximate surface area is 229 Å². The van der Waals surface area contributed by atoms with Crippen molar-refractivity contribution in [3.63, 3.8) is 0 Å². The van der Waals surface area contributed by atoms with E-state index in [1.807, 2.05) is 26.0 Å². The van der Waals surface area contributed by atoms with Crippen molar-refractivity contribution in [3.05, 3.63) is 28.8 Å². The summed E-state index contributed by atoms with van der Waals surface area (Å²) in [6.45, 7) is 9.92. The molecule has 4 atom stereocenters. The first kappa shape index (κ1) is 31.4. The number of amides is 3. The van der Waals surface area contributed by atoms with E-state index >= 15 is 0 Å². The summed E-state index contributed by atoms with van der Waals surface area (Å²) in [7, 11) is 0. The van der Waals surface area contributed by atoms with Crippen molar-refractivity contribution in [2.45, 2.75) is 91.1 Å². The van der Waals surface area contributed by atoms with Crippen molar-refractivity contribution in [3.8, 4) is 0 Å². The van der Waals surface area contributed by atoms with Crippen molar-refractivity contribution in [2.24, 2.45) is 23.3 Å². The molecule has 0 bridgehead atoms. The average molecular weight is 546 g/mol. The molecule has 3 amide bonds. The quantitative estimate of drug-likeness (QED) is 0.237. The number of rotatable bonds is 16. The molecular formula is C28H43N5O4S. The van der Waals surface area contributed by atoms with Gasteiger partial charge in [0.25, 0.3) is 0 Å². The molecule has 2 aromatic rings. The molecule has 0 saturated heterocycles. The van der Waals surface area contributed by atoms with Gasteiger partial charge in [0.1, 0.15) is 6.04 Å². The van der Waals surface area contributed by atoms with E-state index in [2.05, 4.69) is 35.5 Å². The highest BCUT2D eigenvalue weighted by Crippen LogP contribution is 2.27. The van der Waals surface area contributed by atoms with Crippen LogP contribution in [0.5, 0.6) is 0 Å². The van der Waals surface area contributed by atoms with E-state index in [4.69, 9.17) is 11.5 Å². The lowest BCUT2D eigenvalue weighted by Crippen LogP contribution is -2.54. The molecule has 1 aromatic carbocycles. The highest BCUT2D eigenvalue weighted by Gasteiger charge is 2.32. The van der Waals surface area contributed by atoms with E-state index in [0.29, 0.717) is 31.7 Å². The zero-order valence-electron chi connectivity index (χ0n) is 23.2. The molecule has 1 aromatic heterocycles. The topological polar surface area (TPSA) is 157 Å². The third kappa shape index (κ3) is 9.16. The number of nitrogens with zero attached hydrogens (tertiary/aromatic N) is 1. The Kier molecular flexibility index (Phi) is 12.3.